The third-order valence-electron chi connectivity index (χ3n) is 3.61. The first-order valence-corrected chi connectivity index (χ1v) is 7.85. The summed E-state index contributed by atoms with van der Waals surface area (Å²) in [6.45, 7) is 0. The molecular formula is C18H11BrN2O2. The number of hydrogen-bond donors (Lipinski definition) is 1. The first-order chi connectivity index (χ1) is 11.2. The van der Waals surface area contributed by atoms with Crippen LogP contribution >= 0.6 is 15.9 Å². The SMILES string of the molecule is O=C(Nc1cccc2cccnc12)c1cc2c(Br)cccc2o1. The fourth-order valence-corrected chi connectivity index (χ4v) is 2.99. The Kier molecular flexibility index (Phi) is 3.35. The van der Waals surface area contributed by atoms with Crippen molar-refractivity contribution >= 4 is 49.4 Å². The van der Waals surface area contributed by atoms with Gasteiger partial charge in [0, 0.05) is 21.4 Å². The van der Waals surface area contributed by atoms with E-state index in [-0.39, 0.29) is 11.7 Å². The summed E-state index contributed by atoms with van der Waals surface area (Å²) in [7, 11) is 0. The van der Waals surface area contributed by atoms with Gasteiger partial charge in [-0.2, -0.15) is 0 Å². The van der Waals surface area contributed by atoms with Crippen LogP contribution in [0.15, 0.2) is 69.7 Å². The normalized spacial score (nSPS) is 11.0. The summed E-state index contributed by atoms with van der Waals surface area (Å²) < 4.78 is 6.53. The van der Waals surface area contributed by atoms with E-state index in [1.54, 1.807) is 12.3 Å². The summed E-state index contributed by atoms with van der Waals surface area (Å²) in [5.41, 5.74) is 2.08. The molecule has 0 unspecified atom stereocenters. The highest BCUT2D eigenvalue weighted by Gasteiger charge is 2.15. The fourth-order valence-electron chi connectivity index (χ4n) is 2.53. The smallest absolute Gasteiger partial charge is 0.291 e. The third kappa shape index (κ3) is 2.49. The van der Waals surface area contributed by atoms with Crippen molar-refractivity contribution < 1.29 is 9.21 Å². The molecule has 1 amide bonds. The molecule has 0 fully saturated rings. The molecule has 4 rings (SSSR count). The average molecular weight is 367 g/mol. The zero-order valence-electron chi connectivity index (χ0n) is 11.9. The van der Waals surface area contributed by atoms with E-state index in [1.807, 2.05) is 48.5 Å². The highest BCUT2D eigenvalue weighted by molar-refractivity contribution is 9.10. The minimum absolute atomic E-state index is 0.264. The van der Waals surface area contributed by atoms with Gasteiger partial charge in [0.05, 0.1) is 11.2 Å². The lowest BCUT2D eigenvalue weighted by atomic mass is 10.2. The van der Waals surface area contributed by atoms with E-state index in [9.17, 15) is 4.79 Å². The standard InChI is InChI=1S/C18H11BrN2O2/c19-13-6-2-8-15-12(13)10-16(23-15)18(22)21-14-7-1-4-11-5-3-9-20-17(11)14/h1-10H,(H,21,22). The Labute approximate surface area is 140 Å². The summed E-state index contributed by atoms with van der Waals surface area (Å²) >= 11 is 3.46. The van der Waals surface area contributed by atoms with Gasteiger partial charge in [-0.25, -0.2) is 0 Å². The summed E-state index contributed by atoms with van der Waals surface area (Å²) in [6.07, 6.45) is 1.70. The Morgan fingerprint density at radius 1 is 1.09 bits per heavy atom. The van der Waals surface area contributed by atoms with Gasteiger partial charge in [0.15, 0.2) is 5.76 Å². The molecule has 2 aromatic carbocycles. The van der Waals surface area contributed by atoms with Crippen LogP contribution in [0.3, 0.4) is 0 Å². The van der Waals surface area contributed by atoms with Crippen LogP contribution in [0.4, 0.5) is 5.69 Å². The number of furan rings is 1. The van der Waals surface area contributed by atoms with Crippen LogP contribution < -0.4 is 5.32 Å². The topological polar surface area (TPSA) is 55.1 Å². The summed E-state index contributed by atoms with van der Waals surface area (Å²) in [6, 6.07) is 16.8. The number of nitrogens with one attached hydrogen (secondary N) is 1. The van der Waals surface area contributed by atoms with Crippen molar-refractivity contribution in [1.82, 2.24) is 4.98 Å². The number of halogens is 1. The Bertz CT molecular complexity index is 1030. The molecule has 112 valence electrons. The minimum Gasteiger partial charge on any atom is -0.451 e. The largest absolute Gasteiger partial charge is 0.451 e. The molecule has 0 radical (unpaired) electrons. The highest BCUT2D eigenvalue weighted by Crippen LogP contribution is 2.28. The molecule has 0 saturated heterocycles. The van der Waals surface area contributed by atoms with Crippen LogP contribution in [0.2, 0.25) is 0 Å². The molecule has 0 aliphatic rings. The molecule has 0 atom stereocenters. The predicted molar refractivity (Wildman–Crippen MR) is 93.6 cm³/mol. The molecular weight excluding hydrogens is 356 g/mol. The number of aromatic nitrogens is 1. The van der Waals surface area contributed by atoms with Gasteiger partial charge in [0.2, 0.25) is 0 Å². The first kappa shape index (κ1) is 14.0. The summed E-state index contributed by atoms with van der Waals surface area (Å²) in [4.78, 5) is 16.8. The van der Waals surface area contributed by atoms with Crippen molar-refractivity contribution in [3.63, 3.8) is 0 Å². The van der Waals surface area contributed by atoms with E-state index in [2.05, 4.69) is 26.2 Å². The number of rotatable bonds is 2. The Morgan fingerprint density at radius 2 is 1.91 bits per heavy atom. The van der Waals surface area contributed by atoms with Gasteiger partial charge < -0.3 is 9.73 Å². The van der Waals surface area contributed by atoms with Crippen LogP contribution in [0.1, 0.15) is 10.6 Å². The maximum absolute atomic E-state index is 12.5. The number of para-hydroxylation sites is 1. The quantitative estimate of drug-likeness (QED) is 0.543. The van der Waals surface area contributed by atoms with E-state index in [4.69, 9.17) is 4.42 Å². The van der Waals surface area contributed by atoms with Crippen LogP contribution in [0.5, 0.6) is 0 Å². The maximum atomic E-state index is 12.5. The van der Waals surface area contributed by atoms with Gasteiger partial charge in [-0.05, 0) is 30.3 Å². The number of benzene rings is 2. The molecule has 5 heteroatoms. The number of amides is 1. The molecule has 0 saturated carbocycles. The lowest BCUT2D eigenvalue weighted by Gasteiger charge is -2.06. The van der Waals surface area contributed by atoms with Crippen LogP contribution in [0.25, 0.3) is 21.9 Å². The zero-order chi connectivity index (χ0) is 15.8. The predicted octanol–water partition coefficient (Wildman–Crippen LogP) is 5.00. The highest BCUT2D eigenvalue weighted by atomic mass is 79.9. The zero-order valence-corrected chi connectivity index (χ0v) is 13.5. The van der Waals surface area contributed by atoms with Crippen LogP contribution in [-0.4, -0.2) is 10.9 Å². The lowest BCUT2D eigenvalue weighted by Crippen LogP contribution is -2.11. The second-order valence-corrected chi connectivity index (χ2v) is 5.95. The Hall–Kier alpha value is -2.66. The van der Waals surface area contributed by atoms with Crippen molar-refractivity contribution in [2.75, 3.05) is 5.32 Å². The van der Waals surface area contributed by atoms with E-state index in [1.165, 1.54) is 0 Å². The maximum Gasteiger partial charge on any atom is 0.291 e. The van der Waals surface area contributed by atoms with Gasteiger partial charge in [0.25, 0.3) is 5.91 Å². The monoisotopic (exact) mass is 366 g/mol. The molecule has 23 heavy (non-hydrogen) atoms. The van der Waals surface area contributed by atoms with E-state index < -0.39 is 0 Å². The average Bonchev–Trinajstić information content (AvgIpc) is 3.01. The van der Waals surface area contributed by atoms with Crippen molar-refractivity contribution in [2.45, 2.75) is 0 Å². The lowest BCUT2D eigenvalue weighted by molar-refractivity contribution is 0.0999. The Morgan fingerprint density at radius 3 is 2.78 bits per heavy atom. The van der Waals surface area contributed by atoms with Gasteiger partial charge in [-0.1, -0.05) is 40.2 Å². The summed E-state index contributed by atoms with van der Waals surface area (Å²) in [5, 5.41) is 4.71. The molecule has 4 aromatic rings. The number of nitrogens with zero attached hydrogens (tertiary/aromatic N) is 1. The number of carbonyl (C=O) groups excluding carboxylic acids is 1. The molecule has 0 aliphatic heterocycles. The van der Waals surface area contributed by atoms with Gasteiger partial charge in [-0.15, -0.1) is 0 Å². The number of carbonyl (C=O) groups is 1. The minimum atomic E-state index is -0.300. The van der Waals surface area contributed by atoms with Gasteiger partial charge >= 0.3 is 0 Å². The second-order valence-electron chi connectivity index (χ2n) is 5.10. The van der Waals surface area contributed by atoms with E-state index in [0.29, 0.717) is 11.3 Å². The molecule has 1 N–H and O–H groups in total. The van der Waals surface area contributed by atoms with E-state index in [0.717, 1.165) is 20.8 Å². The molecule has 2 aromatic heterocycles. The van der Waals surface area contributed by atoms with Crippen LogP contribution in [0, 0.1) is 0 Å². The van der Waals surface area contributed by atoms with E-state index >= 15 is 0 Å². The number of anilines is 1. The van der Waals surface area contributed by atoms with Crippen molar-refractivity contribution in [3.8, 4) is 0 Å². The first-order valence-electron chi connectivity index (χ1n) is 7.05. The number of fused-ring (bicyclic) bond motifs is 2. The number of hydrogen-bond acceptors (Lipinski definition) is 3. The van der Waals surface area contributed by atoms with Crippen molar-refractivity contribution in [1.29, 1.82) is 0 Å². The summed E-state index contributed by atoms with van der Waals surface area (Å²) in [5.74, 6) is -0.0360. The molecule has 4 nitrogen and oxygen atoms in total. The second kappa shape index (κ2) is 5.52. The van der Waals surface area contributed by atoms with Crippen LogP contribution in [-0.2, 0) is 0 Å². The third-order valence-corrected chi connectivity index (χ3v) is 4.30. The number of pyridine rings is 1. The molecule has 2 heterocycles. The van der Waals surface area contributed by atoms with Gasteiger partial charge in [-0.3, -0.25) is 9.78 Å². The van der Waals surface area contributed by atoms with Crippen molar-refractivity contribution in [3.05, 3.63) is 71.0 Å². The molecule has 0 spiro atoms. The molecule has 0 bridgehead atoms. The molecule has 0 aliphatic carbocycles. The fraction of sp³-hybridized carbons (Fsp3) is 0. The van der Waals surface area contributed by atoms with Crippen molar-refractivity contribution in [2.24, 2.45) is 0 Å². The van der Waals surface area contributed by atoms with Gasteiger partial charge in [0.1, 0.15) is 5.58 Å². The Balaban J connectivity index is 1.72.